The molecule has 0 atom stereocenters. The van der Waals surface area contributed by atoms with Gasteiger partial charge in [0.25, 0.3) is 0 Å². The molecule has 0 amide bonds. The SMILES string of the molecule is CN(C)c1cccc(S(=O)(=O)NC(C)(C)C)c1. The van der Waals surface area contributed by atoms with E-state index < -0.39 is 15.6 Å². The van der Waals surface area contributed by atoms with E-state index in [1.165, 1.54) is 0 Å². The molecular weight excluding hydrogens is 236 g/mol. The fourth-order valence-electron chi connectivity index (χ4n) is 1.39. The summed E-state index contributed by atoms with van der Waals surface area (Å²) in [4.78, 5) is 2.16. The Morgan fingerprint density at radius 1 is 1.18 bits per heavy atom. The third-order valence-electron chi connectivity index (χ3n) is 2.08. The number of nitrogens with zero attached hydrogens (tertiary/aromatic N) is 1. The molecule has 0 saturated heterocycles. The number of hydrogen-bond acceptors (Lipinski definition) is 3. The minimum atomic E-state index is -3.45. The topological polar surface area (TPSA) is 49.4 Å². The lowest BCUT2D eigenvalue weighted by Crippen LogP contribution is -2.40. The first kappa shape index (κ1) is 14.0. The minimum absolute atomic E-state index is 0.290. The van der Waals surface area contributed by atoms with E-state index in [0.29, 0.717) is 4.90 Å². The fourth-order valence-corrected chi connectivity index (χ4v) is 2.85. The van der Waals surface area contributed by atoms with E-state index in [1.807, 2.05) is 45.8 Å². The predicted octanol–water partition coefficient (Wildman–Crippen LogP) is 1.83. The first-order valence-corrected chi connectivity index (χ1v) is 6.91. The van der Waals surface area contributed by atoms with E-state index in [4.69, 9.17) is 0 Å². The largest absolute Gasteiger partial charge is 0.378 e. The lowest BCUT2D eigenvalue weighted by atomic mass is 10.1. The molecule has 0 heterocycles. The number of rotatable bonds is 3. The maximum atomic E-state index is 12.1. The molecule has 0 unspecified atom stereocenters. The number of benzene rings is 1. The highest BCUT2D eigenvalue weighted by atomic mass is 32.2. The van der Waals surface area contributed by atoms with Gasteiger partial charge in [0.1, 0.15) is 0 Å². The summed E-state index contributed by atoms with van der Waals surface area (Å²) < 4.78 is 26.8. The highest BCUT2D eigenvalue weighted by Gasteiger charge is 2.22. The molecular formula is C12H20N2O2S. The predicted molar refractivity (Wildman–Crippen MR) is 70.8 cm³/mol. The van der Waals surface area contributed by atoms with E-state index in [2.05, 4.69) is 4.72 Å². The zero-order valence-corrected chi connectivity index (χ0v) is 11.8. The summed E-state index contributed by atoms with van der Waals surface area (Å²) in [6, 6.07) is 6.87. The Morgan fingerprint density at radius 3 is 2.24 bits per heavy atom. The Hall–Kier alpha value is -1.07. The van der Waals surface area contributed by atoms with Gasteiger partial charge in [0.05, 0.1) is 4.90 Å². The van der Waals surface area contributed by atoms with Gasteiger partial charge in [0, 0.05) is 25.3 Å². The highest BCUT2D eigenvalue weighted by molar-refractivity contribution is 7.89. The molecule has 0 aliphatic carbocycles. The lowest BCUT2D eigenvalue weighted by molar-refractivity contribution is 0.491. The van der Waals surface area contributed by atoms with Crippen LogP contribution in [0.15, 0.2) is 29.2 Å². The van der Waals surface area contributed by atoms with Crippen LogP contribution in [0.3, 0.4) is 0 Å². The molecule has 0 aromatic heterocycles. The van der Waals surface area contributed by atoms with E-state index >= 15 is 0 Å². The second-order valence-corrected chi connectivity index (χ2v) is 6.93. The van der Waals surface area contributed by atoms with Crippen molar-refractivity contribution in [1.29, 1.82) is 0 Å². The number of hydrogen-bond donors (Lipinski definition) is 1. The first-order chi connectivity index (χ1) is 7.62. The van der Waals surface area contributed by atoms with Gasteiger partial charge in [-0.05, 0) is 39.0 Å². The molecule has 0 saturated carbocycles. The van der Waals surface area contributed by atoms with Gasteiger partial charge in [-0.1, -0.05) is 6.07 Å². The van der Waals surface area contributed by atoms with Crippen molar-refractivity contribution >= 4 is 15.7 Å². The molecule has 0 radical (unpaired) electrons. The summed E-state index contributed by atoms with van der Waals surface area (Å²) in [7, 11) is 0.305. The van der Waals surface area contributed by atoms with Crippen molar-refractivity contribution in [2.45, 2.75) is 31.2 Å². The van der Waals surface area contributed by atoms with Crippen LogP contribution in [-0.2, 0) is 10.0 Å². The monoisotopic (exact) mass is 256 g/mol. The van der Waals surface area contributed by atoms with Crippen LogP contribution in [0.1, 0.15) is 20.8 Å². The summed E-state index contributed by atoms with van der Waals surface area (Å²) in [5.41, 5.74) is 0.384. The maximum absolute atomic E-state index is 12.1. The van der Waals surface area contributed by atoms with Crippen LogP contribution in [0.5, 0.6) is 0 Å². The van der Waals surface area contributed by atoms with Crippen LogP contribution in [0.4, 0.5) is 5.69 Å². The number of sulfonamides is 1. The average Bonchev–Trinajstić information content (AvgIpc) is 2.14. The second kappa shape index (κ2) is 4.66. The summed E-state index contributed by atoms with van der Waals surface area (Å²) in [5.74, 6) is 0. The van der Waals surface area contributed by atoms with Crippen molar-refractivity contribution in [2.75, 3.05) is 19.0 Å². The molecule has 0 bridgehead atoms. The van der Waals surface area contributed by atoms with Gasteiger partial charge in [-0.2, -0.15) is 0 Å². The summed E-state index contributed by atoms with van der Waals surface area (Å²) in [6.07, 6.45) is 0. The molecule has 17 heavy (non-hydrogen) atoms. The highest BCUT2D eigenvalue weighted by Crippen LogP contribution is 2.18. The van der Waals surface area contributed by atoms with E-state index in [-0.39, 0.29) is 0 Å². The van der Waals surface area contributed by atoms with E-state index in [1.54, 1.807) is 18.2 Å². The van der Waals surface area contributed by atoms with Crippen LogP contribution in [0, 0.1) is 0 Å². The van der Waals surface area contributed by atoms with E-state index in [9.17, 15) is 8.42 Å². The van der Waals surface area contributed by atoms with Crippen molar-refractivity contribution in [2.24, 2.45) is 0 Å². The van der Waals surface area contributed by atoms with Crippen molar-refractivity contribution < 1.29 is 8.42 Å². The molecule has 1 N–H and O–H groups in total. The molecule has 0 aliphatic heterocycles. The Balaban J connectivity index is 3.12. The van der Waals surface area contributed by atoms with Crippen LogP contribution >= 0.6 is 0 Å². The third kappa shape index (κ3) is 4.02. The maximum Gasteiger partial charge on any atom is 0.241 e. The zero-order chi connectivity index (χ0) is 13.3. The van der Waals surface area contributed by atoms with Gasteiger partial charge in [-0.25, -0.2) is 13.1 Å². The Kier molecular flexibility index (Phi) is 3.84. The van der Waals surface area contributed by atoms with Crippen molar-refractivity contribution in [1.82, 2.24) is 4.72 Å². The standard InChI is InChI=1S/C12H20N2O2S/c1-12(2,3)13-17(15,16)11-8-6-7-10(9-11)14(4)5/h6-9,13H,1-5H3. The molecule has 0 aliphatic rings. The number of anilines is 1. The zero-order valence-electron chi connectivity index (χ0n) is 11.0. The van der Waals surface area contributed by atoms with Gasteiger partial charge >= 0.3 is 0 Å². The van der Waals surface area contributed by atoms with Gasteiger partial charge in [-0.3, -0.25) is 0 Å². The quantitative estimate of drug-likeness (QED) is 0.897. The number of nitrogens with one attached hydrogen (secondary N) is 1. The van der Waals surface area contributed by atoms with Gasteiger partial charge in [0.2, 0.25) is 10.0 Å². The Morgan fingerprint density at radius 2 is 1.76 bits per heavy atom. The fraction of sp³-hybridized carbons (Fsp3) is 0.500. The molecule has 4 nitrogen and oxygen atoms in total. The molecule has 5 heteroatoms. The van der Waals surface area contributed by atoms with Gasteiger partial charge in [0.15, 0.2) is 0 Å². The molecule has 1 rings (SSSR count). The summed E-state index contributed by atoms with van der Waals surface area (Å²) in [6.45, 7) is 5.46. The summed E-state index contributed by atoms with van der Waals surface area (Å²) >= 11 is 0. The van der Waals surface area contributed by atoms with Crippen molar-refractivity contribution in [3.05, 3.63) is 24.3 Å². The summed E-state index contributed by atoms with van der Waals surface area (Å²) in [5, 5.41) is 0. The lowest BCUT2D eigenvalue weighted by Gasteiger charge is -2.21. The van der Waals surface area contributed by atoms with Crippen molar-refractivity contribution in [3.8, 4) is 0 Å². The minimum Gasteiger partial charge on any atom is -0.378 e. The molecule has 96 valence electrons. The van der Waals surface area contributed by atoms with E-state index in [0.717, 1.165) is 5.69 Å². The first-order valence-electron chi connectivity index (χ1n) is 5.43. The second-order valence-electron chi connectivity index (χ2n) is 5.25. The molecule has 1 aromatic rings. The van der Waals surface area contributed by atoms with Gasteiger partial charge < -0.3 is 4.90 Å². The third-order valence-corrected chi connectivity index (χ3v) is 3.84. The Bertz CT molecular complexity index is 487. The van der Waals surface area contributed by atoms with Crippen LogP contribution < -0.4 is 9.62 Å². The Labute approximate surface area is 104 Å². The molecule has 0 fully saturated rings. The average molecular weight is 256 g/mol. The van der Waals surface area contributed by atoms with Gasteiger partial charge in [-0.15, -0.1) is 0 Å². The van der Waals surface area contributed by atoms with Crippen LogP contribution in [0.2, 0.25) is 0 Å². The molecule has 1 aromatic carbocycles. The van der Waals surface area contributed by atoms with Crippen LogP contribution in [0.25, 0.3) is 0 Å². The normalized spacial score (nSPS) is 12.5. The van der Waals surface area contributed by atoms with Crippen LogP contribution in [-0.4, -0.2) is 28.1 Å². The smallest absolute Gasteiger partial charge is 0.241 e. The molecule has 0 spiro atoms. The van der Waals surface area contributed by atoms with Crippen molar-refractivity contribution in [3.63, 3.8) is 0 Å².